The van der Waals surface area contributed by atoms with Crippen molar-refractivity contribution in [2.45, 2.75) is 0 Å². The van der Waals surface area contributed by atoms with Gasteiger partial charge >= 0.3 is 0 Å². The summed E-state index contributed by atoms with van der Waals surface area (Å²) in [6, 6.07) is 7.04. The summed E-state index contributed by atoms with van der Waals surface area (Å²) in [7, 11) is 0. The molecule has 1 aromatic rings. The van der Waals surface area contributed by atoms with Crippen LogP contribution in [0.15, 0.2) is 34.3 Å². The molecule has 0 unspecified atom stereocenters. The van der Waals surface area contributed by atoms with E-state index in [1.807, 2.05) is 0 Å². The van der Waals surface area contributed by atoms with E-state index in [4.69, 9.17) is 9.47 Å². The van der Waals surface area contributed by atoms with Gasteiger partial charge in [0.1, 0.15) is 0 Å². The van der Waals surface area contributed by atoms with E-state index >= 15 is 0 Å². The number of amides is 2. The predicted octanol–water partition coefficient (Wildman–Crippen LogP) is 1.14. The average molecular weight is 317 g/mol. The third-order valence-electron chi connectivity index (χ3n) is 2.51. The zero-order valence-corrected chi connectivity index (χ0v) is 11.7. The molecule has 2 aliphatic heterocycles. The fourth-order valence-electron chi connectivity index (χ4n) is 1.75. The molecule has 1 aromatic carbocycles. The Morgan fingerprint density at radius 1 is 0.800 bits per heavy atom. The Bertz CT molecular complexity index is 560. The Labute approximate surface area is 126 Å². The molecule has 2 aliphatic rings. The molecule has 0 radical (unpaired) electrons. The van der Waals surface area contributed by atoms with Gasteiger partial charge in [-0.05, 0) is 12.1 Å². The van der Waals surface area contributed by atoms with Gasteiger partial charge < -0.3 is 9.47 Å². The number of nitrogens with zero attached hydrogens (tertiary/aromatic N) is 2. The molecular formula is C12H10Cl2N2O4. The number of ether oxygens (including phenoxy) is 2. The summed E-state index contributed by atoms with van der Waals surface area (Å²) in [5.41, 5.74) is 1.19. The second-order valence-corrected chi connectivity index (χ2v) is 3.74. The molecule has 106 valence electrons. The zero-order valence-electron chi connectivity index (χ0n) is 10.1. The Kier molecular flexibility index (Phi) is 5.24. The summed E-state index contributed by atoms with van der Waals surface area (Å²) in [5, 5.41) is 0. The third kappa shape index (κ3) is 2.97. The average Bonchev–Trinajstić information content (AvgIpc) is 2.98. The standard InChI is InChI=1S/C12H8N2O4.2ClH/c15-9-5-17-11(13-9)7-3-1-2-4-8(7)12-14-10(16)6-18-12;;/h1-4H,5-6H2;2*1H. The molecule has 0 saturated heterocycles. The van der Waals surface area contributed by atoms with E-state index < -0.39 is 0 Å². The zero-order chi connectivity index (χ0) is 12.5. The van der Waals surface area contributed by atoms with Gasteiger partial charge in [-0.25, -0.2) is 0 Å². The predicted molar refractivity (Wildman–Crippen MR) is 75.9 cm³/mol. The van der Waals surface area contributed by atoms with Gasteiger partial charge in [-0.1, -0.05) is 12.1 Å². The minimum Gasteiger partial charge on any atom is -0.467 e. The first-order valence-electron chi connectivity index (χ1n) is 5.32. The molecule has 2 heterocycles. The van der Waals surface area contributed by atoms with Crippen molar-refractivity contribution in [3.8, 4) is 0 Å². The number of hydrogen-bond acceptors (Lipinski definition) is 4. The van der Waals surface area contributed by atoms with Crippen molar-refractivity contribution >= 4 is 48.4 Å². The second-order valence-electron chi connectivity index (χ2n) is 3.74. The molecular weight excluding hydrogens is 307 g/mol. The van der Waals surface area contributed by atoms with Crippen molar-refractivity contribution in [2.24, 2.45) is 9.98 Å². The van der Waals surface area contributed by atoms with Gasteiger partial charge in [0.05, 0.1) is 0 Å². The quantitative estimate of drug-likeness (QED) is 0.819. The van der Waals surface area contributed by atoms with Crippen LogP contribution >= 0.6 is 24.8 Å². The molecule has 0 aliphatic carbocycles. The number of hydrogen-bond donors (Lipinski definition) is 0. The van der Waals surface area contributed by atoms with E-state index in [2.05, 4.69) is 9.98 Å². The Morgan fingerprint density at radius 2 is 1.20 bits per heavy atom. The van der Waals surface area contributed by atoms with E-state index in [9.17, 15) is 9.59 Å². The number of halogens is 2. The van der Waals surface area contributed by atoms with Crippen LogP contribution in [0.2, 0.25) is 0 Å². The minimum atomic E-state index is -0.329. The summed E-state index contributed by atoms with van der Waals surface area (Å²) in [6.07, 6.45) is 0. The van der Waals surface area contributed by atoms with Crippen molar-refractivity contribution in [1.29, 1.82) is 0 Å². The van der Waals surface area contributed by atoms with Crippen molar-refractivity contribution < 1.29 is 19.1 Å². The molecule has 8 heteroatoms. The lowest BCUT2D eigenvalue weighted by Crippen LogP contribution is -2.11. The van der Waals surface area contributed by atoms with E-state index in [1.54, 1.807) is 24.3 Å². The third-order valence-corrected chi connectivity index (χ3v) is 2.51. The monoisotopic (exact) mass is 316 g/mol. The molecule has 0 spiro atoms. The number of carbonyl (C=O) groups is 2. The van der Waals surface area contributed by atoms with Gasteiger partial charge in [-0.3, -0.25) is 9.59 Å². The summed E-state index contributed by atoms with van der Waals surface area (Å²) in [5.74, 6) is -0.183. The maximum atomic E-state index is 11.1. The van der Waals surface area contributed by atoms with E-state index in [-0.39, 0.29) is 61.6 Å². The van der Waals surface area contributed by atoms with Crippen LogP contribution in [0.4, 0.5) is 0 Å². The number of aliphatic imine (C=N–C) groups is 2. The topological polar surface area (TPSA) is 77.3 Å². The Morgan fingerprint density at radius 3 is 1.50 bits per heavy atom. The highest BCUT2D eigenvalue weighted by Gasteiger charge is 2.25. The highest BCUT2D eigenvalue weighted by Crippen LogP contribution is 2.17. The minimum absolute atomic E-state index is 0. The summed E-state index contributed by atoms with van der Waals surface area (Å²) >= 11 is 0. The Balaban J connectivity index is 0.000001000. The molecule has 0 aromatic heterocycles. The first-order valence-corrected chi connectivity index (χ1v) is 5.32. The van der Waals surface area contributed by atoms with Crippen LogP contribution in [0, 0.1) is 0 Å². The number of benzene rings is 1. The molecule has 3 rings (SSSR count). The van der Waals surface area contributed by atoms with Crippen LogP contribution in [-0.4, -0.2) is 36.8 Å². The first-order chi connectivity index (χ1) is 8.74. The number of carbonyl (C=O) groups excluding carboxylic acids is 2. The van der Waals surface area contributed by atoms with E-state index in [0.717, 1.165) is 0 Å². The van der Waals surface area contributed by atoms with E-state index in [0.29, 0.717) is 11.1 Å². The first kappa shape index (κ1) is 16.1. The molecule has 0 fully saturated rings. The normalized spacial score (nSPS) is 16.4. The van der Waals surface area contributed by atoms with Crippen LogP contribution in [0.3, 0.4) is 0 Å². The van der Waals surface area contributed by atoms with Crippen LogP contribution < -0.4 is 0 Å². The fraction of sp³-hybridized carbons (Fsp3) is 0.167. The van der Waals surface area contributed by atoms with Crippen LogP contribution in [0.1, 0.15) is 11.1 Å². The van der Waals surface area contributed by atoms with Gasteiger partial charge in [-0.15, -0.1) is 24.8 Å². The van der Waals surface area contributed by atoms with Gasteiger partial charge in [0.2, 0.25) is 11.8 Å². The second kappa shape index (κ2) is 6.49. The van der Waals surface area contributed by atoms with Crippen molar-refractivity contribution in [3.05, 3.63) is 35.4 Å². The molecule has 0 bridgehead atoms. The van der Waals surface area contributed by atoms with Gasteiger partial charge in [0.15, 0.2) is 13.2 Å². The smallest absolute Gasteiger partial charge is 0.286 e. The molecule has 2 amide bonds. The highest BCUT2D eigenvalue weighted by molar-refractivity contribution is 6.15. The lowest BCUT2D eigenvalue weighted by atomic mass is 10.1. The largest absolute Gasteiger partial charge is 0.467 e. The van der Waals surface area contributed by atoms with Gasteiger partial charge in [0.25, 0.3) is 11.8 Å². The summed E-state index contributed by atoms with van der Waals surface area (Å²) in [6.45, 7) is -0.119. The van der Waals surface area contributed by atoms with E-state index in [1.165, 1.54) is 0 Å². The molecule has 0 N–H and O–H groups in total. The van der Waals surface area contributed by atoms with Crippen molar-refractivity contribution in [2.75, 3.05) is 13.2 Å². The Hall–Kier alpha value is -1.92. The SMILES string of the molecule is Cl.Cl.O=C1COC(c2ccccc2C2=NC(=O)CO2)=N1. The van der Waals surface area contributed by atoms with Crippen LogP contribution in [0.5, 0.6) is 0 Å². The molecule has 6 nitrogen and oxygen atoms in total. The summed E-state index contributed by atoms with van der Waals surface area (Å²) in [4.78, 5) is 29.7. The van der Waals surface area contributed by atoms with Crippen molar-refractivity contribution in [3.63, 3.8) is 0 Å². The highest BCUT2D eigenvalue weighted by atomic mass is 35.5. The van der Waals surface area contributed by atoms with Crippen LogP contribution in [-0.2, 0) is 19.1 Å². The summed E-state index contributed by atoms with van der Waals surface area (Å²) < 4.78 is 10.4. The fourth-order valence-corrected chi connectivity index (χ4v) is 1.75. The van der Waals surface area contributed by atoms with Gasteiger partial charge in [-0.2, -0.15) is 9.98 Å². The lowest BCUT2D eigenvalue weighted by Gasteiger charge is -2.07. The van der Waals surface area contributed by atoms with Crippen LogP contribution in [0.25, 0.3) is 0 Å². The number of rotatable bonds is 2. The molecule has 0 saturated carbocycles. The maximum absolute atomic E-state index is 11.1. The van der Waals surface area contributed by atoms with Gasteiger partial charge in [0, 0.05) is 11.1 Å². The van der Waals surface area contributed by atoms with Crippen molar-refractivity contribution in [1.82, 2.24) is 0 Å². The molecule has 20 heavy (non-hydrogen) atoms. The lowest BCUT2D eigenvalue weighted by molar-refractivity contribution is -0.119. The molecule has 0 atom stereocenters. The maximum Gasteiger partial charge on any atom is 0.286 e.